The fourth-order valence-corrected chi connectivity index (χ4v) is 4.97. The zero-order valence-electron chi connectivity index (χ0n) is 23.6. The number of carbonyl (C=O) groups is 2. The van der Waals surface area contributed by atoms with Crippen molar-refractivity contribution in [3.05, 3.63) is 127 Å². The van der Waals surface area contributed by atoms with E-state index in [0.717, 1.165) is 0 Å². The van der Waals surface area contributed by atoms with E-state index in [1.165, 1.54) is 36.8 Å². The standard InChI is InChI=1S/C16H9ClN2O4.C9H6ClNO2.C7H5NO3.CH4/c17-9-2-1-3-10-8(9)6-14(15(20)19-10)23-16(21)12-7-13-11(18-12)4-5-22-13;10-6-2-1-3-7-5(6)4-8(12)9(13)11-7;9-7(10)5-3-6-4(8-5)1-2-11-6;/h1-7,18H,(H,19,20);1-4,12H,(H,11,13);1-3,8H,(H,9,10);1H4. The number of halogens is 2. The summed E-state index contributed by atoms with van der Waals surface area (Å²) in [6.45, 7) is 0. The molecule has 13 nitrogen and oxygen atoms in total. The molecule has 0 saturated heterocycles. The number of furan rings is 2. The Kier molecular flexibility index (Phi) is 9.45. The molecule has 0 atom stereocenters. The highest BCUT2D eigenvalue weighted by Gasteiger charge is 2.16. The Bertz CT molecular complexity index is 2500. The lowest BCUT2D eigenvalue weighted by Gasteiger charge is -2.05. The number of pyridine rings is 2. The maximum atomic E-state index is 12.2. The Balaban J connectivity index is 0.000000153. The van der Waals surface area contributed by atoms with Crippen molar-refractivity contribution >= 4 is 79.1 Å². The number of nitrogens with one attached hydrogen (secondary N) is 4. The zero-order chi connectivity index (χ0) is 33.2. The Hall–Kier alpha value is -6.18. The number of carbonyl (C=O) groups excluding carboxylic acids is 1. The molecule has 48 heavy (non-hydrogen) atoms. The van der Waals surface area contributed by atoms with E-state index < -0.39 is 23.1 Å². The van der Waals surface area contributed by atoms with Crippen LogP contribution in [0.4, 0.5) is 0 Å². The molecule has 15 heteroatoms. The van der Waals surface area contributed by atoms with Crippen molar-refractivity contribution in [3.8, 4) is 11.5 Å². The predicted molar refractivity (Wildman–Crippen MR) is 181 cm³/mol. The molecule has 6 heterocycles. The summed E-state index contributed by atoms with van der Waals surface area (Å²) in [4.78, 5) is 56.3. The molecule has 6 aromatic heterocycles. The summed E-state index contributed by atoms with van der Waals surface area (Å²) in [5.74, 6) is -2.10. The van der Waals surface area contributed by atoms with Crippen LogP contribution in [0, 0.1) is 0 Å². The van der Waals surface area contributed by atoms with Gasteiger partial charge in [0.15, 0.2) is 22.7 Å². The van der Waals surface area contributed by atoms with Crippen molar-refractivity contribution < 1.29 is 33.4 Å². The minimum Gasteiger partial charge on any atom is -0.503 e. The molecule has 8 aromatic rings. The number of carboxylic acids is 1. The van der Waals surface area contributed by atoms with Gasteiger partial charge in [-0.2, -0.15) is 0 Å². The Morgan fingerprint density at radius 2 is 1.19 bits per heavy atom. The summed E-state index contributed by atoms with van der Waals surface area (Å²) in [5.41, 5.74) is 3.01. The molecular formula is C33H24Cl2N4O9. The van der Waals surface area contributed by atoms with Gasteiger partial charge in [0.05, 0.1) is 44.6 Å². The van der Waals surface area contributed by atoms with E-state index >= 15 is 0 Å². The molecule has 0 fully saturated rings. The van der Waals surface area contributed by atoms with Crippen LogP contribution in [0.25, 0.3) is 44.0 Å². The summed E-state index contributed by atoms with van der Waals surface area (Å²) in [7, 11) is 0. The first-order valence-corrected chi connectivity index (χ1v) is 14.2. The molecule has 0 radical (unpaired) electrons. The second-order valence-electron chi connectivity index (χ2n) is 9.81. The van der Waals surface area contributed by atoms with Crippen molar-refractivity contribution in [2.45, 2.75) is 7.43 Å². The van der Waals surface area contributed by atoms with Gasteiger partial charge in [-0.3, -0.25) is 9.59 Å². The summed E-state index contributed by atoms with van der Waals surface area (Å²) in [6.07, 6.45) is 3.01. The van der Waals surface area contributed by atoms with Crippen LogP contribution in [0.2, 0.25) is 10.0 Å². The number of hydrogen-bond acceptors (Lipinski definition) is 8. The molecule has 6 N–H and O–H groups in total. The van der Waals surface area contributed by atoms with Crippen LogP contribution in [0.5, 0.6) is 11.5 Å². The largest absolute Gasteiger partial charge is 0.503 e. The van der Waals surface area contributed by atoms with Crippen LogP contribution >= 0.6 is 23.2 Å². The summed E-state index contributed by atoms with van der Waals surface area (Å²) in [5, 5.41) is 19.9. The van der Waals surface area contributed by atoms with E-state index in [1.807, 2.05) is 0 Å². The molecule has 0 aliphatic carbocycles. The van der Waals surface area contributed by atoms with Crippen molar-refractivity contribution in [2.75, 3.05) is 0 Å². The minimum atomic E-state index is -0.976. The quantitative estimate of drug-likeness (QED) is 0.102. The van der Waals surface area contributed by atoms with Crippen LogP contribution in [0.1, 0.15) is 28.4 Å². The van der Waals surface area contributed by atoms with Crippen LogP contribution in [0.15, 0.2) is 104 Å². The molecule has 0 amide bonds. The van der Waals surface area contributed by atoms with Gasteiger partial charge >= 0.3 is 11.9 Å². The van der Waals surface area contributed by atoms with Crippen LogP contribution in [0.3, 0.4) is 0 Å². The highest BCUT2D eigenvalue weighted by Crippen LogP contribution is 2.25. The number of aromatic nitrogens is 4. The first kappa shape index (κ1) is 33.2. The summed E-state index contributed by atoms with van der Waals surface area (Å²) in [6, 6.07) is 19.4. The number of carboxylic acid groups (broad SMARTS) is 1. The number of aromatic hydroxyl groups is 1. The molecule has 244 valence electrons. The molecule has 0 aliphatic rings. The first-order valence-electron chi connectivity index (χ1n) is 13.5. The van der Waals surface area contributed by atoms with E-state index in [9.17, 15) is 19.2 Å². The van der Waals surface area contributed by atoms with E-state index in [0.29, 0.717) is 54.1 Å². The van der Waals surface area contributed by atoms with Gasteiger partial charge in [-0.1, -0.05) is 42.8 Å². The van der Waals surface area contributed by atoms with Gasteiger partial charge < -0.3 is 43.7 Å². The van der Waals surface area contributed by atoms with Crippen molar-refractivity contribution in [3.63, 3.8) is 0 Å². The van der Waals surface area contributed by atoms with Crippen LogP contribution in [-0.2, 0) is 0 Å². The fourth-order valence-electron chi connectivity index (χ4n) is 4.51. The van der Waals surface area contributed by atoms with Gasteiger partial charge in [0.25, 0.3) is 11.1 Å². The number of ether oxygens (including phenoxy) is 1. The van der Waals surface area contributed by atoms with E-state index in [2.05, 4.69) is 19.9 Å². The van der Waals surface area contributed by atoms with Gasteiger partial charge in [0.1, 0.15) is 11.4 Å². The zero-order valence-corrected chi connectivity index (χ0v) is 25.1. The summed E-state index contributed by atoms with van der Waals surface area (Å²) >= 11 is 11.9. The van der Waals surface area contributed by atoms with Gasteiger partial charge in [0, 0.05) is 35.0 Å². The topological polar surface area (TPSA) is 207 Å². The number of H-pyrrole nitrogens is 4. The summed E-state index contributed by atoms with van der Waals surface area (Å²) < 4.78 is 15.3. The van der Waals surface area contributed by atoms with E-state index in [4.69, 9.17) is 47.0 Å². The van der Waals surface area contributed by atoms with Gasteiger partial charge in [-0.15, -0.1) is 0 Å². The maximum Gasteiger partial charge on any atom is 0.360 e. The first-order chi connectivity index (χ1) is 22.6. The molecule has 0 unspecified atom stereocenters. The van der Waals surface area contributed by atoms with E-state index in [1.54, 1.807) is 48.5 Å². The highest BCUT2D eigenvalue weighted by atomic mass is 35.5. The highest BCUT2D eigenvalue weighted by molar-refractivity contribution is 6.35. The maximum absolute atomic E-state index is 12.2. The fraction of sp³-hybridized carbons (Fsp3) is 0.0303. The molecule has 2 aromatic carbocycles. The van der Waals surface area contributed by atoms with E-state index in [-0.39, 0.29) is 30.3 Å². The number of benzene rings is 2. The van der Waals surface area contributed by atoms with Crippen molar-refractivity contribution in [2.24, 2.45) is 0 Å². The third-order valence-electron chi connectivity index (χ3n) is 6.75. The second-order valence-corrected chi connectivity index (χ2v) is 10.6. The van der Waals surface area contributed by atoms with Gasteiger partial charge in [-0.25, -0.2) is 9.59 Å². The average Bonchev–Trinajstić information content (AvgIpc) is 3.82. The monoisotopic (exact) mass is 690 g/mol. The molecule has 0 bridgehead atoms. The molecule has 0 saturated carbocycles. The lowest BCUT2D eigenvalue weighted by molar-refractivity contribution is 0.0689. The lowest BCUT2D eigenvalue weighted by atomic mass is 10.2. The minimum absolute atomic E-state index is 0. The number of aromatic amines is 4. The number of hydrogen-bond donors (Lipinski definition) is 6. The van der Waals surface area contributed by atoms with Crippen molar-refractivity contribution in [1.29, 1.82) is 0 Å². The lowest BCUT2D eigenvalue weighted by Crippen LogP contribution is -2.16. The number of fused-ring (bicyclic) bond motifs is 4. The molecule has 0 spiro atoms. The van der Waals surface area contributed by atoms with Gasteiger partial charge in [-0.05, 0) is 36.4 Å². The Morgan fingerprint density at radius 1 is 0.667 bits per heavy atom. The van der Waals surface area contributed by atoms with Gasteiger partial charge in [0.2, 0.25) is 0 Å². The van der Waals surface area contributed by atoms with Crippen LogP contribution < -0.4 is 15.9 Å². The number of rotatable bonds is 3. The Morgan fingerprint density at radius 3 is 1.75 bits per heavy atom. The number of esters is 1. The SMILES string of the molecule is C.O=C(O)c1cc2occc2[nH]1.O=C(Oc1cc2c(Cl)cccc2[nH]c1=O)c1cc2occc2[nH]1.O=c1[nH]c2cccc(Cl)c2cc1O. The average molecular weight is 691 g/mol. The predicted octanol–water partition coefficient (Wildman–Crippen LogP) is 7.46. The second kappa shape index (κ2) is 13.7. The normalized spacial score (nSPS) is 10.6. The Labute approximate surface area is 278 Å². The van der Waals surface area contributed by atoms with Crippen LogP contribution in [-0.4, -0.2) is 42.1 Å². The number of aromatic carboxylic acids is 1. The third-order valence-corrected chi connectivity index (χ3v) is 7.41. The molecule has 0 aliphatic heterocycles. The third kappa shape index (κ3) is 6.82. The molecular weight excluding hydrogens is 667 g/mol. The molecule has 8 rings (SSSR count). The smallest absolute Gasteiger partial charge is 0.360 e. The van der Waals surface area contributed by atoms with Crippen molar-refractivity contribution in [1.82, 2.24) is 19.9 Å².